The zero-order chi connectivity index (χ0) is 40.1. The summed E-state index contributed by atoms with van der Waals surface area (Å²) in [6, 6.07) is 68.1. The molecule has 0 amide bonds. The van der Waals surface area contributed by atoms with E-state index in [9.17, 15) is 0 Å². The number of para-hydroxylation sites is 3. The van der Waals surface area contributed by atoms with E-state index in [-0.39, 0.29) is 5.41 Å². The second kappa shape index (κ2) is 13.5. The van der Waals surface area contributed by atoms with Crippen LogP contribution in [0.3, 0.4) is 0 Å². The first-order valence-corrected chi connectivity index (χ1v) is 25.0. The van der Waals surface area contributed by atoms with Crippen LogP contribution >= 0.6 is 0 Å². The van der Waals surface area contributed by atoms with Crippen LogP contribution in [0.2, 0.25) is 12.1 Å². The lowest BCUT2D eigenvalue weighted by molar-refractivity contribution is 0.563. The molecule has 2 spiro atoms. The van der Waals surface area contributed by atoms with Crippen molar-refractivity contribution in [1.82, 2.24) is 0 Å². The molecule has 0 bridgehead atoms. The first kappa shape index (κ1) is 35.3. The summed E-state index contributed by atoms with van der Waals surface area (Å²) in [4.78, 5) is 5.15. The third-order valence-corrected chi connectivity index (χ3v) is 20.6. The molecule has 3 aliphatic heterocycles. The van der Waals surface area contributed by atoms with Crippen LogP contribution in [0.5, 0.6) is 0 Å². The van der Waals surface area contributed by atoms with Crippen LogP contribution in [0.4, 0.5) is 28.4 Å². The van der Waals surface area contributed by atoms with E-state index in [1.54, 1.807) is 10.4 Å². The molecule has 3 heterocycles. The fourth-order valence-electron chi connectivity index (χ4n) is 12.6. The van der Waals surface area contributed by atoms with Crippen molar-refractivity contribution in [3.05, 3.63) is 209 Å². The molecule has 2 nitrogen and oxygen atoms in total. The zero-order valence-electron chi connectivity index (χ0n) is 34.6. The quantitative estimate of drug-likeness (QED) is 0.129. The molecule has 0 saturated carbocycles. The summed E-state index contributed by atoms with van der Waals surface area (Å²) in [5, 5.41) is 5.81. The molecule has 0 aromatic heterocycles. The summed E-state index contributed by atoms with van der Waals surface area (Å²) in [6.45, 7) is 1.06. The van der Waals surface area contributed by atoms with Crippen molar-refractivity contribution in [3.63, 3.8) is 0 Å². The molecule has 1 saturated heterocycles. The predicted octanol–water partition coefficient (Wildman–Crippen LogP) is 13.3. The van der Waals surface area contributed by atoms with Gasteiger partial charge in [-0.15, -0.1) is 0 Å². The van der Waals surface area contributed by atoms with E-state index in [2.05, 4.69) is 192 Å². The summed E-state index contributed by atoms with van der Waals surface area (Å²) in [5.74, 6) is 0. The Labute approximate surface area is 360 Å². The predicted molar refractivity (Wildman–Crippen MR) is 260 cm³/mol. The van der Waals surface area contributed by atoms with Crippen LogP contribution in [-0.2, 0) is 24.7 Å². The maximum atomic E-state index is 2.59. The number of aryl methyl sites for hydroxylation is 1. The van der Waals surface area contributed by atoms with Crippen LogP contribution in [-0.4, -0.2) is 14.6 Å². The first-order chi connectivity index (χ1) is 30.2. The molecule has 8 aromatic carbocycles. The van der Waals surface area contributed by atoms with Crippen molar-refractivity contribution in [1.29, 1.82) is 0 Å². The molecule has 3 heteroatoms. The number of nitrogens with zero attached hydrogens (tertiary/aromatic N) is 2. The maximum Gasteiger partial charge on any atom is 0.123 e. The second-order valence-electron chi connectivity index (χ2n) is 18.3. The molecule has 61 heavy (non-hydrogen) atoms. The minimum Gasteiger partial charge on any atom is -0.341 e. The average molecular weight is 801 g/mol. The Morgan fingerprint density at radius 2 is 1.08 bits per heavy atom. The van der Waals surface area contributed by atoms with Gasteiger partial charge in [0.1, 0.15) is 8.07 Å². The highest BCUT2D eigenvalue weighted by Gasteiger charge is 2.49. The van der Waals surface area contributed by atoms with Crippen LogP contribution in [0, 0.1) is 0 Å². The molecule has 0 unspecified atom stereocenters. The second-order valence-corrected chi connectivity index (χ2v) is 22.6. The molecule has 13 rings (SSSR count). The smallest absolute Gasteiger partial charge is 0.123 e. The van der Waals surface area contributed by atoms with Gasteiger partial charge in [-0.2, -0.15) is 0 Å². The summed E-state index contributed by atoms with van der Waals surface area (Å²) in [5.41, 5.74) is 19.3. The molecule has 5 aliphatic rings. The lowest BCUT2D eigenvalue weighted by atomic mass is 9.75. The maximum absolute atomic E-state index is 2.59. The van der Waals surface area contributed by atoms with Gasteiger partial charge in [0.25, 0.3) is 0 Å². The normalized spacial score (nSPS) is 17.4. The minimum atomic E-state index is -1.80. The van der Waals surface area contributed by atoms with Gasteiger partial charge in [0, 0.05) is 40.1 Å². The highest BCUT2D eigenvalue weighted by atomic mass is 28.3. The van der Waals surface area contributed by atoms with Gasteiger partial charge >= 0.3 is 0 Å². The Morgan fingerprint density at radius 1 is 0.475 bits per heavy atom. The van der Waals surface area contributed by atoms with Gasteiger partial charge in [0.2, 0.25) is 0 Å². The SMILES string of the molecule is C(=Cc1ccc(N2c3ccccc3[Si]3(CCCC3)c3ccccc32)c2ccccc12)c1ccc2c(c1)C1(Cc3ccccc3C1)c1cc(N3CCCc4ccccc43)ccc1-2. The first-order valence-electron chi connectivity index (χ1n) is 22.6. The molecule has 0 radical (unpaired) electrons. The Kier molecular flexibility index (Phi) is 7.85. The number of fused-ring (bicyclic) bond motifs is 12. The van der Waals surface area contributed by atoms with Gasteiger partial charge in [-0.25, -0.2) is 0 Å². The minimum absolute atomic E-state index is 0.0845. The third-order valence-electron chi connectivity index (χ3n) is 15.3. The van der Waals surface area contributed by atoms with E-state index in [0.29, 0.717) is 0 Å². The van der Waals surface area contributed by atoms with Crippen molar-refractivity contribution in [3.8, 4) is 11.1 Å². The van der Waals surface area contributed by atoms with Crippen molar-refractivity contribution in [2.24, 2.45) is 0 Å². The third kappa shape index (κ3) is 5.20. The fraction of sp³-hybridized carbons (Fsp3) is 0.172. The van der Waals surface area contributed by atoms with Gasteiger partial charge in [-0.1, -0.05) is 158 Å². The summed E-state index contributed by atoms with van der Waals surface area (Å²) < 4.78 is 0. The Balaban J connectivity index is 0.896. The van der Waals surface area contributed by atoms with Gasteiger partial charge in [-0.3, -0.25) is 0 Å². The molecule has 0 N–H and O–H groups in total. The Bertz CT molecular complexity index is 3040. The molecule has 2 aliphatic carbocycles. The Morgan fingerprint density at radius 3 is 1.82 bits per heavy atom. The standard InChI is InChI=1S/C58H48N2Si/c1-2-16-44-39-58(38-43(44)15-1)50-36-40(26-30-47(50)48-31-29-45(37-51(48)58)59-33-13-17-42-14-3-6-20-52(42)59)25-27-41-28-32-53(49-19-5-4-18-46(41)49)60-54-21-7-9-23-56(54)61(34-11-12-35-61)57-24-10-8-22-55(57)60/h1-10,14-16,18-32,36-37H,11-13,17,33-35,38-39H2. The molecular weight excluding hydrogens is 753 g/mol. The van der Waals surface area contributed by atoms with Crippen molar-refractivity contribution in [2.75, 3.05) is 16.3 Å². The summed E-state index contributed by atoms with van der Waals surface area (Å²) >= 11 is 0. The summed E-state index contributed by atoms with van der Waals surface area (Å²) in [7, 11) is -1.80. The number of hydrogen-bond acceptors (Lipinski definition) is 2. The van der Waals surface area contributed by atoms with Crippen LogP contribution in [0.25, 0.3) is 34.1 Å². The van der Waals surface area contributed by atoms with E-state index in [1.165, 1.54) is 121 Å². The average Bonchev–Trinajstić information content (AvgIpc) is 4.04. The largest absolute Gasteiger partial charge is 0.341 e. The number of anilines is 5. The van der Waals surface area contributed by atoms with Gasteiger partial charge in [-0.05, 0) is 140 Å². The van der Waals surface area contributed by atoms with Crippen LogP contribution in [0.15, 0.2) is 170 Å². The number of rotatable bonds is 4. The highest BCUT2D eigenvalue weighted by molar-refractivity contribution is 7.05. The Hall–Kier alpha value is -6.42. The van der Waals surface area contributed by atoms with E-state index < -0.39 is 8.07 Å². The number of benzene rings is 8. The zero-order valence-corrected chi connectivity index (χ0v) is 35.6. The molecule has 1 fully saturated rings. The summed E-state index contributed by atoms with van der Waals surface area (Å²) in [6.07, 6.45) is 11.8. The molecular formula is C58H48N2Si. The fourth-order valence-corrected chi connectivity index (χ4v) is 18.1. The lowest BCUT2D eigenvalue weighted by Crippen LogP contribution is -2.60. The van der Waals surface area contributed by atoms with E-state index >= 15 is 0 Å². The van der Waals surface area contributed by atoms with Gasteiger partial charge < -0.3 is 9.80 Å². The molecule has 294 valence electrons. The number of hydrogen-bond donors (Lipinski definition) is 0. The topological polar surface area (TPSA) is 6.48 Å². The van der Waals surface area contributed by atoms with E-state index in [1.807, 2.05) is 0 Å². The van der Waals surface area contributed by atoms with E-state index in [0.717, 1.165) is 25.8 Å². The molecule has 8 aromatic rings. The van der Waals surface area contributed by atoms with Crippen molar-refractivity contribution in [2.45, 2.75) is 56.0 Å². The van der Waals surface area contributed by atoms with Crippen molar-refractivity contribution >= 4 is 69.8 Å². The van der Waals surface area contributed by atoms with E-state index in [4.69, 9.17) is 0 Å². The lowest BCUT2D eigenvalue weighted by Gasteiger charge is -2.43. The van der Waals surface area contributed by atoms with Crippen LogP contribution < -0.4 is 20.2 Å². The highest BCUT2D eigenvalue weighted by Crippen LogP contribution is 2.57. The van der Waals surface area contributed by atoms with Crippen molar-refractivity contribution < 1.29 is 0 Å². The van der Waals surface area contributed by atoms with Gasteiger partial charge in [0.05, 0.1) is 5.69 Å². The van der Waals surface area contributed by atoms with Gasteiger partial charge in [0.15, 0.2) is 0 Å². The monoisotopic (exact) mass is 800 g/mol. The molecule has 0 atom stereocenters. The van der Waals surface area contributed by atoms with Crippen LogP contribution in [0.1, 0.15) is 58.2 Å².